The molecule has 4 unspecified atom stereocenters. The van der Waals surface area contributed by atoms with Gasteiger partial charge >= 0.3 is 5.97 Å². The van der Waals surface area contributed by atoms with Crippen molar-refractivity contribution in [3.8, 4) is 0 Å². The molecule has 2 spiro atoms. The first kappa shape index (κ1) is 34.3. The minimum absolute atomic E-state index is 0.0512. The molecule has 0 aromatic rings. The number of fused-ring (bicyclic) bond motifs is 2. The summed E-state index contributed by atoms with van der Waals surface area (Å²) in [6.07, 6.45) is 0.666. The van der Waals surface area contributed by atoms with Crippen LogP contribution in [0.25, 0.3) is 0 Å². The third-order valence-corrected chi connectivity index (χ3v) is 15.7. The standard InChI is InChI=1S/C37H58O10/c1-18(15-21(45-19(2)38)30-33(5,6)47-30)25-27(41)29(43)35(8)23-10-9-22-32(3,4)24(46-31-28(42)26(40)20(39)16-44-31)11-12-36(22)17-37(23,36)14-13-34(25,35)7/h18,20-26,28-31,39-40,42-43H,9-17H2,1-8H3/t18-,20+,21-,22?,23+,24?,25+,26+,28-,29+,30+,31+,34-,35-,36?,37?/m1/s1. The second-order valence-electron chi connectivity index (χ2n) is 18.4. The van der Waals surface area contributed by atoms with Gasteiger partial charge in [-0.3, -0.25) is 9.59 Å². The minimum atomic E-state index is -1.31. The van der Waals surface area contributed by atoms with Crippen molar-refractivity contribution in [2.75, 3.05) is 6.61 Å². The second kappa shape index (κ2) is 10.7. The molecular formula is C37H58O10. The Morgan fingerprint density at radius 1 is 0.936 bits per heavy atom. The Bertz CT molecular complexity index is 1300. The molecule has 2 saturated heterocycles. The number of rotatable bonds is 7. The predicted molar refractivity (Wildman–Crippen MR) is 170 cm³/mol. The molecule has 7 aliphatic rings. The van der Waals surface area contributed by atoms with E-state index in [1.54, 1.807) is 0 Å². The molecule has 7 fully saturated rings. The number of ketones is 1. The fraction of sp³-hybridized carbons (Fsp3) is 0.946. The Balaban J connectivity index is 1.12. The third kappa shape index (κ3) is 4.53. The van der Waals surface area contributed by atoms with Crippen LogP contribution in [-0.4, -0.2) is 93.4 Å². The summed E-state index contributed by atoms with van der Waals surface area (Å²) in [7, 11) is 0. The van der Waals surface area contributed by atoms with Crippen molar-refractivity contribution in [2.24, 2.45) is 50.7 Å². The van der Waals surface area contributed by atoms with Gasteiger partial charge in [0, 0.05) is 18.3 Å². The van der Waals surface area contributed by atoms with Crippen molar-refractivity contribution in [1.29, 1.82) is 0 Å². The van der Waals surface area contributed by atoms with Crippen LogP contribution in [0, 0.1) is 50.7 Å². The molecule has 2 heterocycles. The molecular weight excluding hydrogens is 604 g/mol. The Morgan fingerprint density at radius 2 is 1.57 bits per heavy atom. The molecule has 266 valence electrons. The average molecular weight is 663 g/mol. The maximum absolute atomic E-state index is 14.2. The summed E-state index contributed by atoms with van der Waals surface area (Å²) in [5, 5.41) is 42.8. The van der Waals surface area contributed by atoms with E-state index in [4.69, 9.17) is 18.9 Å². The minimum Gasteiger partial charge on any atom is -0.460 e. The van der Waals surface area contributed by atoms with Crippen LogP contribution in [0.4, 0.5) is 0 Å². The summed E-state index contributed by atoms with van der Waals surface area (Å²) in [6, 6.07) is 0. The van der Waals surface area contributed by atoms with Crippen molar-refractivity contribution >= 4 is 11.8 Å². The van der Waals surface area contributed by atoms with Crippen LogP contribution in [0.15, 0.2) is 0 Å². The van der Waals surface area contributed by atoms with Gasteiger partial charge in [-0.2, -0.15) is 0 Å². The highest BCUT2D eigenvalue weighted by Gasteiger charge is 2.84. The maximum atomic E-state index is 14.2. The van der Waals surface area contributed by atoms with Crippen molar-refractivity contribution < 1.29 is 49.0 Å². The van der Waals surface area contributed by atoms with Gasteiger partial charge in [-0.25, -0.2) is 0 Å². The van der Waals surface area contributed by atoms with E-state index in [2.05, 4.69) is 34.6 Å². The highest BCUT2D eigenvalue weighted by Crippen LogP contribution is 2.89. The zero-order valence-corrected chi connectivity index (χ0v) is 29.5. The quantitative estimate of drug-likeness (QED) is 0.181. The van der Waals surface area contributed by atoms with Gasteiger partial charge in [0.05, 0.1) is 18.3 Å². The average Bonchev–Trinajstić information content (AvgIpc) is 3.84. The van der Waals surface area contributed by atoms with E-state index >= 15 is 0 Å². The summed E-state index contributed by atoms with van der Waals surface area (Å²) >= 11 is 0. The summed E-state index contributed by atoms with van der Waals surface area (Å²) in [5.74, 6) is -0.211. The fourth-order valence-corrected chi connectivity index (χ4v) is 13.2. The first-order valence-electron chi connectivity index (χ1n) is 18.2. The number of hydrogen-bond donors (Lipinski definition) is 4. The molecule has 5 aliphatic carbocycles. The largest absolute Gasteiger partial charge is 0.460 e. The molecule has 0 aromatic heterocycles. The molecule has 0 bridgehead atoms. The Morgan fingerprint density at radius 3 is 2.21 bits per heavy atom. The number of hydrogen-bond acceptors (Lipinski definition) is 10. The van der Waals surface area contributed by atoms with E-state index in [1.807, 2.05) is 13.8 Å². The Hall–Kier alpha value is -1.14. The first-order valence-corrected chi connectivity index (χ1v) is 18.2. The van der Waals surface area contributed by atoms with Gasteiger partial charge in [0.2, 0.25) is 0 Å². The maximum Gasteiger partial charge on any atom is 0.302 e. The topological polar surface area (TPSA) is 155 Å². The van der Waals surface area contributed by atoms with Gasteiger partial charge in [0.1, 0.15) is 36.6 Å². The zero-order valence-electron chi connectivity index (χ0n) is 29.5. The van der Waals surface area contributed by atoms with Gasteiger partial charge in [-0.05, 0) is 105 Å². The van der Waals surface area contributed by atoms with E-state index in [0.717, 1.165) is 44.9 Å². The highest BCUT2D eigenvalue weighted by atomic mass is 16.7. The Kier molecular flexibility index (Phi) is 7.80. The molecule has 10 heteroatoms. The van der Waals surface area contributed by atoms with Crippen LogP contribution >= 0.6 is 0 Å². The number of aliphatic hydroxyl groups is 4. The van der Waals surface area contributed by atoms with Gasteiger partial charge in [-0.1, -0.05) is 34.6 Å². The van der Waals surface area contributed by atoms with Crippen LogP contribution < -0.4 is 0 Å². The highest BCUT2D eigenvalue weighted by molar-refractivity contribution is 5.90. The lowest BCUT2D eigenvalue weighted by Gasteiger charge is -2.63. The van der Waals surface area contributed by atoms with Crippen molar-refractivity contribution in [3.05, 3.63) is 0 Å². The van der Waals surface area contributed by atoms with Gasteiger partial charge < -0.3 is 39.4 Å². The summed E-state index contributed by atoms with van der Waals surface area (Å²) in [4.78, 5) is 26.3. The van der Waals surface area contributed by atoms with Crippen LogP contribution in [0.1, 0.15) is 107 Å². The molecule has 10 nitrogen and oxygen atoms in total. The number of carbonyl (C=O) groups excluding carboxylic acids is 2. The number of esters is 1. The normalized spacial score (nSPS) is 53.5. The zero-order chi connectivity index (χ0) is 34.3. The van der Waals surface area contributed by atoms with Crippen LogP contribution in [0.5, 0.6) is 0 Å². The number of carbonyl (C=O) groups is 2. The molecule has 2 aliphatic heterocycles. The SMILES string of the molecule is CC(=O)O[C@H](C[C@@H](C)[C@H]1C(=O)[C@H](O)[C@@]2(C)[C@@H]3CCC4C(C)(C)C(O[C@@H]5OC[C@H](O)[C@H](O)[C@H]5O)CCC45CC35CC[C@]12C)[C@@H]1OC1(C)C. The van der Waals surface area contributed by atoms with E-state index in [9.17, 15) is 30.0 Å². The number of ether oxygens (including phenoxy) is 4. The molecule has 4 N–H and O–H groups in total. The van der Waals surface area contributed by atoms with Gasteiger partial charge in [0.25, 0.3) is 0 Å². The van der Waals surface area contributed by atoms with Crippen LogP contribution in [-0.2, 0) is 28.5 Å². The molecule has 0 aromatic carbocycles. The Labute approximate surface area is 279 Å². The molecule has 47 heavy (non-hydrogen) atoms. The van der Waals surface area contributed by atoms with Crippen molar-refractivity contribution in [3.63, 3.8) is 0 Å². The van der Waals surface area contributed by atoms with Gasteiger partial charge in [-0.15, -0.1) is 0 Å². The van der Waals surface area contributed by atoms with Crippen LogP contribution in [0.3, 0.4) is 0 Å². The first-order chi connectivity index (χ1) is 21.8. The molecule has 5 saturated carbocycles. The number of epoxide rings is 1. The van der Waals surface area contributed by atoms with Gasteiger partial charge in [0.15, 0.2) is 12.1 Å². The van der Waals surface area contributed by atoms with Crippen molar-refractivity contribution in [1.82, 2.24) is 0 Å². The smallest absolute Gasteiger partial charge is 0.302 e. The lowest BCUT2D eigenvalue weighted by atomic mass is 9.41. The van der Waals surface area contributed by atoms with E-state index in [0.29, 0.717) is 12.3 Å². The third-order valence-electron chi connectivity index (χ3n) is 15.7. The lowest BCUT2D eigenvalue weighted by Crippen LogP contribution is -2.61. The van der Waals surface area contributed by atoms with E-state index in [-0.39, 0.29) is 75.6 Å². The van der Waals surface area contributed by atoms with E-state index in [1.165, 1.54) is 6.92 Å². The second-order valence-corrected chi connectivity index (χ2v) is 18.4. The monoisotopic (exact) mass is 662 g/mol. The number of Topliss-reactive ketones (excluding diaryl/α,β-unsaturated/α-hetero) is 1. The predicted octanol–water partition coefficient (Wildman–Crippen LogP) is 3.53. The number of aliphatic hydroxyl groups excluding tert-OH is 4. The summed E-state index contributed by atoms with van der Waals surface area (Å²) in [6.45, 7) is 16.4. The molecule has 0 radical (unpaired) electrons. The summed E-state index contributed by atoms with van der Waals surface area (Å²) in [5.41, 5.74) is -1.34. The molecule has 0 amide bonds. The molecule has 7 rings (SSSR count). The molecule has 16 atom stereocenters. The fourth-order valence-electron chi connectivity index (χ4n) is 13.2. The van der Waals surface area contributed by atoms with Crippen LogP contribution in [0.2, 0.25) is 0 Å². The lowest BCUT2D eigenvalue weighted by molar-refractivity contribution is -0.303. The van der Waals surface area contributed by atoms with E-state index < -0.39 is 42.2 Å². The summed E-state index contributed by atoms with van der Waals surface area (Å²) < 4.78 is 23.7. The van der Waals surface area contributed by atoms with Crippen molar-refractivity contribution in [2.45, 2.75) is 161 Å².